The van der Waals surface area contributed by atoms with Gasteiger partial charge in [-0.1, -0.05) is 50.7 Å². The predicted octanol–water partition coefficient (Wildman–Crippen LogP) is 3.81. The third-order valence-electron chi connectivity index (χ3n) is 4.27. The lowest BCUT2D eigenvalue weighted by atomic mass is 10.1. The second kappa shape index (κ2) is 7.87. The largest absolute Gasteiger partial charge is 0.493 e. The minimum absolute atomic E-state index is 0.165. The second-order valence-electron chi connectivity index (χ2n) is 6.28. The van der Waals surface area contributed by atoms with E-state index in [1.165, 1.54) is 0 Å². The summed E-state index contributed by atoms with van der Waals surface area (Å²) in [6.45, 7) is 5.94. The zero-order valence-electron chi connectivity index (χ0n) is 15.1. The fourth-order valence-electron chi connectivity index (χ4n) is 3.08. The molecule has 1 aromatic heterocycles. The molecule has 0 fully saturated rings. The molecule has 0 saturated carbocycles. The van der Waals surface area contributed by atoms with Gasteiger partial charge in [-0.05, 0) is 18.9 Å². The third-order valence-corrected chi connectivity index (χ3v) is 4.57. The molecule has 25 heavy (non-hydrogen) atoms. The Morgan fingerprint density at radius 1 is 1.20 bits per heavy atom. The summed E-state index contributed by atoms with van der Waals surface area (Å²) in [5.74, 6) is 0.890. The Morgan fingerprint density at radius 2 is 2.00 bits per heavy atom. The molecule has 0 aliphatic carbocycles. The molecule has 2 aromatic rings. The summed E-state index contributed by atoms with van der Waals surface area (Å²) < 4.78 is 7.84. The highest BCUT2D eigenvalue weighted by atomic mass is 32.1. The highest BCUT2D eigenvalue weighted by Gasteiger charge is 2.34. The molecule has 1 aromatic carbocycles. The SMILES string of the molecule is CCCCOc1ccccc1C1[N]C(=S)c2nn(C)cc2N1CCC. The lowest BCUT2D eigenvalue weighted by Gasteiger charge is -2.37. The molecule has 1 atom stereocenters. The average molecular weight is 358 g/mol. The number of hydrogen-bond acceptors (Lipinski definition) is 4. The van der Waals surface area contributed by atoms with Crippen molar-refractivity contribution in [2.75, 3.05) is 18.1 Å². The van der Waals surface area contributed by atoms with E-state index in [4.69, 9.17) is 22.3 Å². The molecule has 0 amide bonds. The number of benzene rings is 1. The van der Waals surface area contributed by atoms with Crippen LogP contribution in [0.5, 0.6) is 5.75 Å². The Hall–Kier alpha value is -2.08. The maximum atomic E-state index is 6.03. The molecule has 0 saturated heterocycles. The number of aromatic nitrogens is 2. The third kappa shape index (κ3) is 3.63. The lowest BCUT2D eigenvalue weighted by Crippen LogP contribution is -2.42. The molecule has 2 heterocycles. The molecule has 0 N–H and O–H groups in total. The van der Waals surface area contributed by atoms with Gasteiger partial charge < -0.3 is 9.64 Å². The molecule has 3 rings (SSSR count). The number of nitrogens with zero attached hydrogens (tertiary/aromatic N) is 4. The van der Waals surface area contributed by atoms with Gasteiger partial charge in [0.1, 0.15) is 11.4 Å². The van der Waals surface area contributed by atoms with Gasteiger partial charge in [-0.15, -0.1) is 0 Å². The Balaban J connectivity index is 1.97. The smallest absolute Gasteiger partial charge is 0.153 e. The first-order valence-corrected chi connectivity index (χ1v) is 9.33. The van der Waals surface area contributed by atoms with Crippen LogP contribution >= 0.6 is 12.2 Å². The molecule has 0 bridgehead atoms. The number of ether oxygens (including phenoxy) is 1. The van der Waals surface area contributed by atoms with Crippen molar-refractivity contribution >= 4 is 22.9 Å². The van der Waals surface area contributed by atoms with E-state index in [0.29, 0.717) is 4.99 Å². The van der Waals surface area contributed by atoms with E-state index in [1.807, 2.05) is 31.4 Å². The summed E-state index contributed by atoms with van der Waals surface area (Å²) in [6, 6.07) is 8.14. The number of anilines is 1. The van der Waals surface area contributed by atoms with Crippen LogP contribution in [0.3, 0.4) is 0 Å². The first kappa shape index (κ1) is 17.7. The highest BCUT2D eigenvalue weighted by molar-refractivity contribution is 7.80. The van der Waals surface area contributed by atoms with Gasteiger partial charge in [0.2, 0.25) is 0 Å². The van der Waals surface area contributed by atoms with E-state index in [-0.39, 0.29) is 6.17 Å². The normalized spacial score (nSPS) is 16.5. The van der Waals surface area contributed by atoms with Gasteiger partial charge in [0.05, 0.1) is 12.3 Å². The molecule has 133 valence electrons. The number of fused-ring (bicyclic) bond motifs is 1. The summed E-state index contributed by atoms with van der Waals surface area (Å²) in [5, 5.41) is 9.28. The van der Waals surface area contributed by atoms with Crippen LogP contribution in [0.4, 0.5) is 5.69 Å². The number of rotatable bonds is 7. The molecule has 6 heteroatoms. The van der Waals surface area contributed by atoms with Crippen LogP contribution in [0.25, 0.3) is 0 Å². The van der Waals surface area contributed by atoms with Gasteiger partial charge >= 0.3 is 0 Å². The number of aryl methyl sites for hydroxylation is 1. The van der Waals surface area contributed by atoms with Gasteiger partial charge in [-0.2, -0.15) is 5.10 Å². The minimum atomic E-state index is -0.165. The molecule has 1 radical (unpaired) electrons. The zero-order chi connectivity index (χ0) is 17.8. The summed E-state index contributed by atoms with van der Waals surface area (Å²) in [6.07, 6.45) is 5.04. The number of thiocarbonyl (C=S) groups is 1. The van der Waals surface area contributed by atoms with Crippen LogP contribution in [0.1, 0.15) is 50.5 Å². The fraction of sp³-hybridized carbons (Fsp3) is 0.474. The molecule has 1 aliphatic heterocycles. The van der Waals surface area contributed by atoms with E-state index < -0.39 is 0 Å². The summed E-state index contributed by atoms with van der Waals surface area (Å²) in [4.78, 5) is 2.84. The molecular formula is C19H25N4OS. The monoisotopic (exact) mass is 357 g/mol. The van der Waals surface area contributed by atoms with Crippen LogP contribution in [-0.2, 0) is 7.05 Å². The van der Waals surface area contributed by atoms with Crippen molar-refractivity contribution in [3.05, 3.63) is 41.7 Å². The maximum Gasteiger partial charge on any atom is 0.153 e. The van der Waals surface area contributed by atoms with Gasteiger partial charge in [-0.3, -0.25) is 4.68 Å². The summed E-state index contributed by atoms with van der Waals surface area (Å²) in [5.41, 5.74) is 2.91. The number of hydrogen-bond donors (Lipinski definition) is 0. The maximum absolute atomic E-state index is 6.03. The molecule has 1 aliphatic rings. The van der Waals surface area contributed by atoms with E-state index in [1.54, 1.807) is 4.68 Å². The lowest BCUT2D eigenvalue weighted by molar-refractivity contribution is 0.303. The van der Waals surface area contributed by atoms with E-state index in [0.717, 1.165) is 55.1 Å². The first-order valence-electron chi connectivity index (χ1n) is 8.92. The molecular weight excluding hydrogens is 332 g/mol. The Bertz CT molecular complexity index is 743. The molecule has 0 spiro atoms. The molecule has 5 nitrogen and oxygen atoms in total. The predicted molar refractivity (Wildman–Crippen MR) is 104 cm³/mol. The van der Waals surface area contributed by atoms with Crippen molar-refractivity contribution in [3.8, 4) is 5.75 Å². The summed E-state index contributed by atoms with van der Waals surface area (Å²) >= 11 is 5.53. The summed E-state index contributed by atoms with van der Waals surface area (Å²) in [7, 11) is 1.92. The van der Waals surface area contributed by atoms with Crippen molar-refractivity contribution < 1.29 is 4.74 Å². The topological polar surface area (TPSA) is 44.4 Å². The molecule has 1 unspecified atom stereocenters. The Kier molecular flexibility index (Phi) is 5.58. The standard InChI is InChI=1S/C19H25N4OS/c1-4-6-12-24-16-10-8-7-9-14(16)18-20-19(25)17-15(13-22(3)21-17)23(18)11-5-2/h7-10,13,18H,4-6,11-12H2,1-3H3. The van der Waals surface area contributed by atoms with E-state index >= 15 is 0 Å². The number of para-hydroxylation sites is 1. The van der Waals surface area contributed by atoms with E-state index in [2.05, 4.69) is 29.9 Å². The van der Waals surface area contributed by atoms with Crippen molar-refractivity contribution in [3.63, 3.8) is 0 Å². The van der Waals surface area contributed by atoms with Gasteiger partial charge in [0.25, 0.3) is 0 Å². The Morgan fingerprint density at radius 3 is 2.76 bits per heavy atom. The van der Waals surface area contributed by atoms with Crippen molar-refractivity contribution in [2.45, 2.75) is 39.3 Å². The fourth-order valence-corrected chi connectivity index (χ4v) is 3.33. The van der Waals surface area contributed by atoms with Gasteiger partial charge in [0.15, 0.2) is 11.2 Å². The Labute approximate surface area is 155 Å². The van der Waals surface area contributed by atoms with Crippen molar-refractivity contribution in [2.24, 2.45) is 7.05 Å². The first-order chi connectivity index (χ1) is 12.2. The minimum Gasteiger partial charge on any atom is -0.493 e. The van der Waals surface area contributed by atoms with Crippen LogP contribution in [0.15, 0.2) is 30.5 Å². The van der Waals surface area contributed by atoms with E-state index in [9.17, 15) is 0 Å². The van der Waals surface area contributed by atoms with Crippen LogP contribution in [0, 0.1) is 0 Å². The second-order valence-corrected chi connectivity index (χ2v) is 6.66. The van der Waals surface area contributed by atoms with Crippen LogP contribution in [0.2, 0.25) is 0 Å². The van der Waals surface area contributed by atoms with Crippen molar-refractivity contribution in [1.82, 2.24) is 15.1 Å². The van der Waals surface area contributed by atoms with Crippen LogP contribution < -0.4 is 15.0 Å². The zero-order valence-corrected chi connectivity index (χ0v) is 15.9. The van der Waals surface area contributed by atoms with Crippen molar-refractivity contribution in [1.29, 1.82) is 0 Å². The van der Waals surface area contributed by atoms with Crippen LogP contribution in [-0.4, -0.2) is 27.9 Å². The average Bonchev–Trinajstić information content (AvgIpc) is 3.00. The van der Waals surface area contributed by atoms with Gasteiger partial charge in [0, 0.05) is 25.4 Å². The quantitative estimate of drug-likeness (QED) is 0.558. The van der Waals surface area contributed by atoms with Gasteiger partial charge in [-0.25, -0.2) is 5.32 Å². The highest BCUT2D eigenvalue weighted by Crippen LogP contribution is 2.37. The number of unbranched alkanes of at least 4 members (excludes halogenated alkanes) is 1.